The zero-order chi connectivity index (χ0) is 14.8. The molecule has 21 heavy (non-hydrogen) atoms. The normalized spacial score (nSPS) is 39.8. The molecule has 0 spiro atoms. The van der Waals surface area contributed by atoms with Crippen molar-refractivity contribution < 1.29 is 24.4 Å². The Labute approximate surface area is 128 Å². The zero-order valence-electron chi connectivity index (χ0n) is 11.8. The summed E-state index contributed by atoms with van der Waals surface area (Å²) >= 11 is 1.47. The van der Waals surface area contributed by atoms with E-state index in [4.69, 9.17) is 14.2 Å². The summed E-state index contributed by atoms with van der Waals surface area (Å²) in [6.45, 7) is 2.33. The summed E-state index contributed by atoms with van der Waals surface area (Å²) in [7, 11) is 0. The Kier molecular flexibility index (Phi) is 4.83. The predicted molar refractivity (Wildman–Crippen MR) is 78.8 cm³/mol. The number of thioether (sulfide) groups is 1. The Hall–Kier alpha value is -0.630. The molecule has 2 aliphatic heterocycles. The molecule has 2 N–H and O–H groups in total. The van der Waals surface area contributed by atoms with Crippen molar-refractivity contribution in [3.05, 3.63) is 35.9 Å². The molecule has 5 nitrogen and oxygen atoms in total. The van der Waals surface area contributed by atoms with Crippen LogP contribution >= 0.6 is 11.8 Å². The Balaban J connectivity index is 1.71. The average Bonchev–Trinajstić information content (AvgIpc) is 2.53. The Morgan fingerprint density at radius 3 is 2.62 bits per heavy atom. The molecule has 0 bridgehead atoms. The molecule has 0 aromatic heterocycles. The molecule has 0 aliphatic carbocycles. The van der Waals surface area contributed by atoms with Crippen LogP contribution in [0.5, 0.6) is 0 Å². The number of aliphatic hydroxyl groups excluding tert-OH is 2. The Bertz CT molecular complexity index is 455. The molecule has 3 rings (SSSR count). The van der Waals surface area contributed by atoms with Crippen molar-refractivity contribution in [2.45, 2.75) is 43.1 Å². The number of ether oxygens (including phenoxy) is 3. The van der Waals surface area contributed by atoms with Gasteiger partial charge in [-0.15, -0.1) is 11.8 Å². The standard InChI is InChI=1S/C15H20O5S/c1-2-21-15-12(17)11(16)13-10(19-15)8-18-14(20-13)9-6-4-3-5-7-9/h3-7,10-17H,2,8H2,1H3/t10-,11-,12-,13-,14+,15+/m0/s1. The molecule has 2 fully saturated rings. The van der Waals surface area contributed by atoms with Gasteiger partial charge in [0.25, 0.3) is 0 Å². The van der Waals surface area contributed by atoms with Gasteiger partial charge in [0, 0.05) is 5.56 Å². The van der Waals surface area contributed by atoms with Crippen molar-refractivity contribution in [2.75, 3.05) is 12.4 Å². The molecule has 0 unspecified atom stereocenters. The Morgan fingerprint density at radius 1 is 1.14 bits per heavy atom. The second-order valence-electron chi connectivity index (χ2n) is 5.16. The van der Waals surface area contributed by atoms with Gasteiger partial charge >= 0.3 is 0 Å². The van der Waals surface area contributed by atoms with E-state index in [9.17, 15) is 10.2 Å². The van der Waals surface area contributed by atoms with Crippen LogP contribution in [0.25, 0.3) is 0 Å². The molecule has 0 amide bonds. The fourth-order valence-electron chi connectivity index (χ4n) is 2.66. The van der Waals surface area contributed by atoms with E-state index in [0.29, 0.717) is 6.61 Å². The summed E-state index contributed by atoms with van der Waals surface area (Å²) < 4.78 is 17.3. The third kappa shape index (κ3) is 3.11. The van der Waals surface area contributed by atoms with E-state index in [0.717, 1.165) is 11.3 Å². The van der Waals surface area contributed by atoms with E-state index in [1.165, 1.54) is 11.8 Å². The van der Waals surface area contributed by atoms with Crippen molar-refractivity contribution in [3.63, 3.8) is 0 Å². The molecule has 2 aliphatic rings. The molecular formula is C15H20O5S. The van der Waals surface area contributed by atoms with Crippen LogP contribution in [0, 0.1) is 0 Å². The van der Waals surface area contributed by atoms with Gasteiger partial charge in [0.15, 0.2) is 6.29 Å². The topological polar surface area (TPSA) is 68.2 Å². The molecular weight excluding hydrogens is 292 g/mol. The van der Waals surface area contributed by atoms with Crippen molar-refractivity contribution in [2.24, 2.45) is 0 Å². The lowest BCUT2D eigenvalue weighted by molar-refractivity contribution is -0.318. The van der Waals surface area contributed by atoms with Gasteiger partial charge in [-0.05, 0) is 5.75 Å². The first-order valence-electron chi connectivity index (χ1n) is 7.16. The lowest BCUT2D eigenvalue weighted by atomic mass is 9.99. The van der Waals surface area contributed by atoms with Crippen LogP contribution < -0.4 is 0 Å². The molecule has 2 heterocycles. The minimum Gasteiger partial charge on any atom is -0.387 e. The zero-order valence-corrected chi connectivity index (χ0v) is 12.6. The first-order valence-corrected chi connectivity index (χ1v) is 8.20. The van der Waals surface area contributed by atoms with Gasteiger partial charge in [-0.1, -0.05) is 37.3 Å². The minimum absolute atomic E-state index is 0.342. The average molecular weight is 312 g/mol. The van der Waals surface area contributed by atoms with Crippen LogP contribution in [0.1, 0.15) is 18.8 Å². The van der Waals surface area contributed by atoms with Crippen LogP contribution in [0.4, 0.5) is 0 Å². The molecule has 116 valence electrons. The number of rotatable bonds is 3. The van der Waals surface area contributed by atoms with Gasteiger partial charge in [0.2, 0.25) is 0 Å². The summed E-state index contributed by atoms with van der Waals surface area (Å²) in [5.74, 6) is 0.806. The van der Waals surface area contributed by atoms with Gasteiger partial charge in [0.1, 0.15) is 29.9 Å². The molecule has 6 atom stereocenters. The molecule has 2 saturated heterocycles. The maximum absolute atomic E-state index is 10.3. The summed E-state index contributed by atoms with van der Waals surface area (Å²) in [6, 6.07) is 9.56. The van der Waals surface area contributed by atoms with Crippen molar-refractivity contribution in [1.82, 2.24) is 0 Å². The third-order valence-electron chi connectivity index (χ3n) is 3.74. The summed E-state index contributed by atoms with van der Waals surface area (Å²) in [5.41, 5.74) is 0.453. The van der Waals surface area contributed by atoms with Crippen LogP contribution in [0.15, 0.2) is 30.3 Å². The monoisotopic (exact) mass is 312 g/mol. The molecule has 6 heteroatoms. The van der Waals surface area contributed by atoms with Gasteiger partial charge < -0.3 is 24.4 Å². The van der Waals surface area contributed by atoms with Crippen LogP contribution in [0.3, 0.4) is 0 Å². The van der Waals surface area contributed by atoms with Gasteiger partial charge in [-0.2, -0.15) is 0 Å². The fourth-order valence-corrected chi connectivity index (χ4v) is 3.57. The Morgan fingerprint density at radius 2 is 1.90 bits per heavy atom. The van der Waals surface area contributed by atoms with E-state index in [2.05, 4.69) is 0 Å². The van der Waals surface area contributed by atoms with Crippen LogP contribution in [-0.2, 0) is 14.2 Å². The number of fused-ring (bicyclic) bond motifs is 1. The second kappa shape index (κ2) is 6.64. The van der Waals surface area contributed by atoms with E-state index < -0.39 is 30.0 Å². The number of hydrogen-bond donors (Lipinski definition) is 2. The smallest absolute Gasteiger partial charge is 0.184 e. The maximum atomic E-state index is 10.3. The highest BCUT2D eigenvalue weighted by Gasteiger charge is 2.48. The van der Waals surface area contributed by atoms with E-state index in [-0.39, 0.29) is 6.10 Å². The van der Waals surface area contributed by atoms with Crippen molar-refractivity contribution in [3.8, 4) is 0 Å². The van der Waals surface area contributed by atoms with Gasteiger partial charge in [-0.3, -0.25) is 0 Å². The second-order valence-corrected chi connectivity index (χ2v) is 6.53. The minimum atomic E-state index is -0.970. The quantitative estimate of drug-likeness (QED) is 0.877. The van der Waals surface area contributed by atoms with E-state index in [1.54, 1.807) is 0 Å². The molecule has 1 aromatic carbocycles. The van der Waals surface area contributed by atoms with Gasteiger partial charge in [0.05, 0.1) is 6.61 Å². The molecule has 0 radical (unpaired) electrons. The first-order chi connectivity index (χ1) is 10.2. The lowest BCUT2D eigenvalue weighted by Crippen LogP contribution is -2.60. The lowest BCUT2D eigenvalue weighted by Gasteiger charge is -2.46. The number of aliphatic hydroxyl groups is 2. The van der Waals surface area contributed by atoms with E-state index >= 15 is 0 Å². The highest BCUT2D eigenvalue weighted by Crippen LogP contribution is 2.36. The number of hydrogen-bond acceptors (Lipinski definition) is 6. The van der Waals surface area contributed by atoms with Crippen LogP contribution in [-0.4, -0.2) is 52.4 Å². The van der Waals surface area contributed by atoms with Gasteiger partial charge in [-0.25, -0.2) is 0 Å². The number of benzene rings is 1. The molecule has 1 aromatic rings. The van der Waals surface area contributed by atoms with E-state index in [1.807, 2.05) is 37.3 Å². The first kappa shape index (κ1) is 15.3. The fraction of sp³-hybridized carbons (Fsp3) is 0.600. The predicted octanol–water partition coefficient (Wildman–Crippen LogP) is 1.30. The van der Waals surface area contributed by atoms with Crippen molar-refractivity contribution >= 4 is 11.8 Å². The summed E-state index contributed by atoms with van der Waals surface area (Å²) in [5, 5.41) is 20.5. The largest absolute Gasteiger partial charge is 0.387 e. The van der Waals surface area contributed by atoms with Crippen molar-refractivity contribution in [1.29, 1.82) is 0 Å². The maximum Gasteiger partial charge on any atom is 0.184 e. The highest BCUT2D eigenvalue weighted by atomic mass is 32.2. The SMILES string of the molecule is CCS[C@H]1O[C@H]2CO[C@@H](c3ccccc3)O[C@@H]2[C@@H](O)[C@@H]1O. The summed E-state index contributed by atoms with van der Waals surface area (Å²) in [6.07, 6.45) is -3.39. The summed E-state index contributed by atoms with van der Waals surface area (Å²) in [4.78, 5) is 0. The van der Waals surface area contributed by atoms with Crippen LogP contribution in [0.2, 0.25) is 0 Å². The third-order valence-corrected chi connectivity index (χ3v) is 4.79. The molecule has 0 saturated carbocycles. The highest BCUT2D eigenvalue weighted by molar-refractivity contribution is 7.99.